The number of hydrogen-bond acceptors (Lipinski definition) is 4. The fourth-order valence-corrected chi connectivity index (χ4v) is 3.86. The van der Waals surface area contributed by atoms with Crippen molar-refractivity contribution in [3.63, 3.8) is 0 Å². The summed E-state index contributed by atoms with van der Waals surface area (Å²) >= 11 is 0. The van der Waals surface area contributed by atoms with Crippen LogP contribution >= 0.6 is 0 Å². The highest BCUT2D eigenvalue weighted by molar-refractivity contribution is 5.73. The fraction of sp³-hybridized carbons (Fsp3) is 0.938. The molecule has 0 aromatic heterocycles. The molecule has 0 bridgehead atoms. The van der Waals surface area contributed by atoms with E-state index in [1.54, 1.807) is 0 Å². The molecule has 1 aliphatic carbocycles. The van der Waals surface area contributed by atoms with Crippen molar-refractivity contribution in [3.05, 3.63) is 0 Å². The number of carboxylic acid groups (broad SMARTS) is 1. The van der Waals surface area contributed by atoms with Crippen molar-refractivity contribution in [1.82, 2.24) is 4.90 Å². The van der Waals surface area contributed by atoms with Crippen LogP contribution in [0.5, 0.6) is 0 Å². The summed E-state index contributed by atoms with van der Waals surface area (Å²) in [6.45, 7) is 4.55. The van der Waals surface area contributed by atoms with Crippen LogP contribution in [0.2, 0.25) is 0 Å². The van der Waals surface area contributed by atoms with Gasteiger partial charge in [0, 0.05) is 12.6 Å². The Hall–Kier alpha value is -0.650. The van der Waals surface area contributed by atoms with Crippen molar-refractivity contribution in [2.45, 2.75) is 76.7 Å². The van der Waals surface area contributed by atoms with Gasteiger partial charge in [0.2, 0.25) is 0 Å². The molecule has 5 heteroatoms. The molecule has 2 aliphatic rings. The summed E-state index contributed by atoms with van der Waals surface area (Å²) in [5.74, 6) is -0.149. The lowest BCUT2D eigenvalue weighted by Crippen LogP contribution is -2.57. The molecule has 0 spiro atoms. The molecule has 1 saturated heterocycles. The highest BCUT2D eigenvalue weighted by Crippen LogP contribution is 2.37. The zero-order valence-corrected chi connectivity index (χ0v) is 13.2. The number of aliphatic carboxylic acids is 1. The van der Waals surface area contributed by atoms with Crippen LogP contribution in [0.3, 0.4) is 0 Å². The molecule has 5 nitrogen and oxygen atoms in total. The second kappa shape index (κ2) is 7.56. The molecule has 2 N–H and O–H groups in total. The maximum atomic E-state index is 11.5. The Morgan fingerprint density at radius 3 is 2.62 bits per heavy atom. The Bertz CT molecular complexity index is 347. The number of rotatable bonds is 6. The van der Waals surface area contributed by atoms with Gasteiger partial charge in [0.1, 0.15) is 6.04 Å². The van der Waals surface area contributed by atoms with Crippen LogP contribution in [0.15, 0.2) is 0 Å². The van der Waals surface area contributed by atoms with Crippen LogP contribution < -0.4 is 0 Å². The number of nitrogens with zero attached hydrogens (tertiary/aromatic N) is 1. The number of hydrogen-bond donors (Lipinski definition) is 2. The molecule has 2 fully saturated rings. The third-order valence-corrected chi connectivity index (χ3v) is 4.83. The number of carboxylic acids is 1. The van der Waals surface area contributed by atoms with Gasteiger partial charge in [-0.2, -0.15) is 0 Å². The molecule has 1 saturated carbocycles. The Kier molecular flexibility index (Phi) is 6.02. The molecule has 4 atom stereocenters. The summed E-state index contributed by atoms with van der Waals surface area (Å²) in [6.07, 6.45) is 5.87. The van der Waals surface area contributed by atoms with E-state index in [1.165, 1.54) is 19.3 Å². The molecular weight excluding hydrogens is 270 g/mol. The van der Waals surface area contributed by atoms with Gasteiger partial charge in [0.05, 0.1) is 18.8 Å². The van der Waals surface area contributed by atoms with E-state index in [1.807, 2.05) is 18.7 Å². The van der Waals surface area contributed by atoms with Crippen LogP contribution in [-0.2, 0) is 9.53 Å². The number of piperidine rings is 1. The second-order valence-corrected chi connectivity index (χ2v) is 6.78. The van der Waals surface area contributed by atoms with E-state index in [0.717, 1.165) is 12.8 Å². The Morgan fingerprint density at radius 2 is 1.95 bits per heavy atom. The topological polar surface area (TPSA) is 70.0 Å². The lowest BCUT2D eigenvalue weighted by Gasteiger charge is -2.47. The number of likely N-dealkylation sites (tertiary alicyclic amines) is 1. The highest BCUT2D eigenvalue weighted by atomic mass is 16.5. The molecule has 0 aromatic rings. The van der Waals surface area contributed by atoms with Gasteiger partial charge in [0.25, 0.3) is 0 Å². The van der Waals surface area contributed by atoms with Gasteiger partial charge in [-0.25, -0.2) is 0 Å². The minimum Gasteiger partial charge on any atom is -0.480 e. The van der Waals surface area contributed by atoms with Gasteiger partial charge in [-0.15, -0.1) is 0 Å². The smallest absolute Gasteiger partial charge is 0.320 e. The molecule has 0 amide bonds. The summed E-state index contributed by atoms with van der Waals surface area (Å²) in [7, 11) is 0. The predicted octanol–water partition coefficient (Wildman–Crippen LogP) is 1.88. The van der Waals surface area contributed by atoms with Crippen LogP contribution in [-0.4, -0.2) is 58.5 Å². The summed E-state index contributed by atoms with van der Waals surface area (Å²) < 4.78 is 5.45. The standard InChI is InChI=1S/C16H29NO4/c1-11(2)21-10-13(18)9-17-14-6-4-3-5-12(14)7-8-15(17)16(19)20/h11-15,18H,3-10H2,1-2H3,(H,19,20). The first-order chi connectivity index (χ1) is 9.99. The number of aliphatic hydroxyl groups excluding tert-OH is 1. The largest absolute Gasteiger partial charge is 0.480 e. The number of β-amino-alcohol motifs (C(OH)–C–C–N with tert-alkyl or cyclic N) is 1. The van der Waals surface area contributed by atoms with Crippen LogP contribution in [0.25, 0.3) is 0 Å². The van der Waals surface area contributed by atoms with Gasteiger partial charge >= 0.3 is 5.97 Å². The third-order valence-electron chi connectivity index (χ3n) is 4.83. The van der Waals surface area contributed by atoms with E-state index >= 15 is 0 Å². The number of carbonyl (C=O) groups is 1. The lowest BCUT2D eigenvalue weighted by molar-refractivity contribution is -0.150. The van der Waals surface area contributed by atoms with Crippen LogP contribution in [0.1, 0.15) is 52.4 Å². The molecule has 0 aromatic carbocycles. The van der Waals surface area contributed by atoms with Gasteiger partial charge in [0.15, 0.2) is 0 Å². The number of aliphatic hydroxyl groups is 1. The Morgan fingerprint density at radius 1 is 1.24 bits per heavy atom. The molecule has 1 heterocycles. The van der Waals surface area contributed by atoms with E-state index in [0.29, 0.717) is 24.9 Å². The van der Waals surface area contributed by atoms with Crippen molar-refractivity contribution in [2.75, 3.05) is 13.2 Å². The first-order valence-corrected chi connectivity index (χ1v) is 8.27. The van der Waals surface area contributed by atoms with Gasteiger partial charge in [-0.1, -0.05) is 12.8 Å². The average molecular weight is 299 g/mol. The molecule has 0 radical (unpaired) electrons. The van der Waals surface area contributed by atoms with Crippen LogP contribution in [0, 0.1) is 5.92 Å². The fourth-order valence-electron chi connectivity index (χ4n) is 3.86. The summed E-state index contributed by atoms with van der Waals surface area (Å²) in [6, 6.07) is -0.125. The molecule has 21 heavy (non-hydrogen) atoms. The lowest BCUT2D eigenvalue weighted by atomic mass is 9.76. The van der Waals surface area contributed by atoms with Crippen molar-refractivity contribution in [2.24, 2.45) is 5.92 Å². The summed E-state index contributed by atoms with van der Waals surface area (Å²) in [4.78, 5) is 13.6. The second-order valence-electron chi connectivity index (χ2n) is 6.78. The minimum atomic E-state index is -0.754. The van der Waals surface area contributed by atoms with Crippen LogP contribution in [0.4, 0.5) is 0 Å². The van der Waals surface area contributed by atoms with Crippen molar-refractivity contribution >= 4 is 5.97 Å². The Balaban J connectivity index is 2.00. The van der Waals surface area contributed by atoms with Crippen molar-refractivity contribution in [1.29, 1.82) is 0 Å². The maximum absolute atomic E-state index is 11.5. The zero-order chi connectivity index (χ0) is 15.4. The van der Waals surface area contributed by atoms with Crippen molar-refractivity contribution < 1.29 is 19.7 Å². The monoisotopic (exact) mass is 299 g/mol. The molecule has 2 rings (SSSR count). The van der Waals surface area contributed by atoms with Gasteiger partial charge < -0.3 is 14.9 Å². The molecular formula is C16H29NO4. The first-order valence-electron chi connectivity index (χ1n) is 8.27. The van der Waals surface area contributed by atoms with E-state index in [4.69, 9.17) is 4.74 Å². The SMILES string of the molecule is CC(C)OCC(O)CN1C(C(=O)O)CCC2CCCCC21. The maximum Gasteiger partial charge on any atom is 0.320 e. The quantitative estimate of drug-likeness (QED) is 0.783. The third kappa shape index (κ3) is 4.41. The predicted molar refractivity (Wildman–Crippen MR) is 80.2 cm³/mol. The minimum absolute atomic E-state index is 0.0821. The van der Waals surface area contributed by atoms with E-state index < -0.39 is 18.1 Å². The number of ether oxygens (including phenoxy) is 1. The van der Waals surface area contributed by atoms with Gasteiger partial charge in [-0.3, -0.25) is 9.69 Å². The first kappa shape index (κ1) is 16.7. The molecule has 1 aliphatic heterocycles. The zero-order valence-electron chi connectivity index (χ0n) is 13.2. The Labute approximate surface area is 127 Å². The molecule has 4 unspecified atom stereocenters. The van der Waals surface area contributed by atoms with E-state index in [2.05, 4.69) is 0 Å². The van der Waals surface area contributed by atoms with E-state index in [9.17, 15) is 15.0 Å². The van der Waals surface area contributed by atoms with Crippen molar-refractivity contribution in [3.8, 4) is 0 Å². The highest BCUT2D eigenvalue weighted by Gasteiger charge is 2.41. The summed E-state index contributed by atoms with van der Waals surface area (Å²) in [5.41, 5.74) is 0. The molecule has 122 valence electrons. The number of fused-ring (bicyclic) bond motifs is 1. The summed E-state index contributed by atoms with van der Waals surface area (Å²) in [5, 5.41) is 19.7. The average Bonchev–Trinajstić information content (AvgIpc) is 2.45. The van der Waals surface area contributed by atoms with Gasteiger partial charge in [-0.05, 0) is 45.4 Å². The van der Waals surface area contributed by atoms with E-state index in [-0.39, 0.29) is 12.7 Å². The normalized spacial score (nSPS) is 31.9.